The SMILES string of the molecule is COc1ccc(C(=O)C(=O)SCc2c3ccccc3cc3ccccc23)cc1. The zero-order valence-electron chi connectivity index (χ0n) is 15.3. The Kier molecular flexibility index (Phi) is 5.13. The van der Waals surface area contributed by atoms with E-state index < -0.39 is 10.9 Å². The van der Waals surface area contributed by atoms with Crippen molar-refractivity contribution in [3.8, 4) is 5.75 Å². The average molecular weight is 386 g/mol. The van der Waals surface area contributed by atoms with Crippen molar-refractivity contribution in [3.05, 3.63) is 90.0 Å². The number of fused-ring (bicyclic) bond motifs is 2. The van der Waals surface area contributed by atoms with Gasteiger partial charge in [0.05, 0.1) is 7.11 Å². The Balaban J connectivity index is 1.62. The molecule has 4 aromatic rings. The smallest absolute Gasteiger partial charge is 0.260 e. The van der Waals surface area contributed by atoms with Gasteiger partial charge in [0, 0.05) is 11.3 Å². The molecule has 0 N–H and O–H groups in total. The number of carbonyl (C=O) groups is 2. The van der Waals surface area contributed by atoms with Gasteiger partial charge in [0.15, 0.2) is 0 Å². The van der Waals surface area contributed by atoms with E-state index in [1.165, 1.54) is 0 Å². The van der Waals surface area contributed by atoms with Crippen LogP contribution in [0.3, 0.4) is 0 Å². The van der Waals surface area contributed by atoms with Gasteiger partial charge in [-0.3, -0.25) is 9.59 Å². The highest BCUT2D eigenvalue weighted by molar-refractivity contribution is 8.14. The molecule has 0 aromatic heterocycles. The van der Waals surface area contributed by atoms with Crippen molar-refractivity contribution < 1.29 is 14.3 Å². The van der Waals surface area contributed by atoms with Gasteiger partial charge in [0.1, 0.15) is 5.75 Å². The Morgan fingerprint density at radius 3 is 1.96 bits per heavy atom. The second-order valence-electron chi connectivity index (χ2n) is 6.43. The van der Waals surface area contributed by atoms with E-state index in [4.69, 9.17) is 4.74 Å². The van der Waals surface area contributed by atoms with E-state index in [0.29, 0.717) is 17.1 Å². The predicted molar refractivity (Wildman–Crippen MR) is 115 cm³/mol. The molecule has 0 amide bonds. The molecule has 0 spiro atoms. The van der Waals surface area contributed by atoms with Crippen LogP contribution in [-0.4, -0.2) is 18.0 Å². The van der Waals surface area contributed by atoms with Gasteiger partial charge in [-0.05, 0) is 57.4 Å². The summed E-state index contributed by atoms with van der Waals surface area (Å²) in [6.45, 7) is 0. The lowest BCUT2D eigenvalue weighted by atomic mass is 9.98. The monoisotopic (exact) mass is 386 g/mol. The molecule has 4 heteroatoms. The van der Waals surface area contributed by atoms with Gasteiger partial charge in [-0.1, -0.05) is 60.3 Å². The second kappa shape index (κ2) is 7.87. The average Bonchev–Trinajstić information content (AvgIpc) is 2.76. The maximum atomic E-state index is 12.5. The number of thioether (sulfide) groups is 1. The second-order valence-corrected chi connectivity index (χ2v) is 7.38. The summed E-state index contributed by atoms with van der Waals surface area (Å²) in [7, 11) is 1.56. The number of ketones is 1. The first kappa shape index (κ1) is 18.3. The zero-order valence-corrected chi connectivity index (χ0v) is 16.2. The minimum Gasteiger partial charge on any atom is -0.497 e. The molecular weight excluding hydrogens is 368 g/mol. The third-order valence-corrected chi connectivity index (χ3v) is 5.65. The number of hydrogen-bond donors (Lipinski definition) is 0. The van der Waals surface area contributed by atoms with Crippen molar-refractivity contribution >= 4 is 44.2 Å². The Hall–Kier alpha value is -3.11. The van der Waals surface area contributed by atoms with E-state index in [1.807, 2.05) is 24.3 Å². The summed E-state index contributed by atoms with van der Waals surface area (Å²) in [5.74, 6) is 0.610. The molecule has 0 aliphatic rings. The minimum atomic E-state index is -0.489. The summed E-state index contributed by atoms with van der Waals surface area (Å²) in [5, 5.41) is 4.02. The molecule has 0 aliphatic carbocycles. The highest BCUT2D eigenvalue weighted by Crippen LogP contribution is 2.31. The van der Waals surface area contributed by atoms with Crippen molar-refractivity contribution in [2.45, 2.75) is 5.75 Å². The molecule has 138 valence electrons. The number of methoxy groups -OCH3 is 1. The van der Waals surface area contributed by atoms with Crippen LogP contribution in [0.15, 0.2) is 78.9 Å². The van der Waals surface area contributed by atoms with Gasteiger partial charge in [-0.25, -0.2) is 0 Å². The number of rotatable bonds is 5. The van der Waals surface area contributed by atoms with Gasteiger partial charge in [0.2, 0.25) is 5.78 Å². The standard InChI is InChI=1S/C24H18O3S/c1-27-19-12-10-16(11-13-19)23(25)24(26)28-15-22-20-8-4-2-6-17(20)14-18-7-3-5-9-21(18)22/h2-14H,15H2,1H3. The van der Waals surface area contributed by atoms with Crippen molar-refractivity contribution in [1.29, 1.82) is 0 Å². The Labute approximate surface area is 167 Å². The normalized spacial score (nSPS) is 10.9. The van der Waals surface area contributed by atoms with Crippen LogP contribution in [0.5, 0.6) is 5.75 Å². The summed E-state index contributed by atoms with van der Waals surface area (Å²) in [6, 6.07) is 25.0. The topological polar surface area (TPSA) is 43.4 Å². The maximum Gasteiger partial charge on any atom is 0.260 e. The summed E-state index contributed by atoms with van der Waals surface area (Å²) in [6.07, 6.45) is 0. The number of Topliss-reactive ketones (excluding diaryl/α,β-unsaturated/α-hetero) is 1. The first-order chi connectivity index (χ1) is 13.7. The van der Waals surface area contributed by atoms with E-state index in [9.17, 15) is 9.59 Å². The highest BCUT2D eigenvalue weighted by Gasteiger charge is 2.18. The Bertz CT molecular complexity index is 1130. The lowest BCUT2D eigenvalue weighted by Gasteiger charge is -2.11. The highest BCUT2D eigenvalue weighted by atomic mass is 32.2. The van der Waals surface area contributed by atoms with Gasteiger partial charge >= 0.3 is 0 Å². The Morgan fingerprint density at radius 2 is 1.39 bits per heavy atom. The Morgan fingerprint density at radius 1 is 0.821 bits per heavy atom. The number of hydrogen-bond acceptors (Lipinski definition) is 4. The molecule has 0 fully saturated rings. The van der Waals surface area contributed by atoms with Gasteiger partial charge in [0.25, 0.3) is 5.12 Å². The molecular formula is C24H18O3S. The molecule has 0 bridgehead atoms. The lowest BCUT2D eigenvalue weighted by molar-refractivity contribution is -0.107. The van der Waals surface area contributed by atoms with Crippen LogP contribution in [-0.2, 0) is 10.5 Å². The number of ether oxygens (including phenoxy) is 1. The van der Waals surface area contributed by atoms with Crippen molar-refractivity contribution in [1.82, 2.24) is 0 Å². The summed E-state index contributed by atoms with van der Waals surface area (Å²) in [4.78, 5) is 25.0. The summed E-state index contributed by atoms with van der Waals surface area (Å²) in [5.41, 5.74) is 1.45. The third kappa shape index (κ3) is 3.51. The molecule has 28 heavy (non-hydrogen) atoms. The molecule has 0 saturated heterocycles. The molecule has 0 saturated carbocycles. The van der Waals surface area contributed by atoms with Crippen LogP contribution in [0.2, 0.25) is 0 Å². The summed E-state index contributed by atoms with van der Waals surface area (Å²) >= 11 is 1.05. The molecule has 4 rings (SSSR count). The molecule has 0 atom stereocenters. The lowest BCUT2D eigenvalue weighted by Crippen LogP contribution is -2.10. The minimum absolute atomic E-state index is 0.376. The van der Waals surface area contributed by atoms with Crippen LogP contribution in [0.25, 0.3) is 21.5 Å². The van der Waals surface area contributed by atoms with E-state index in [2.05, 4.69) is 30.3 Å². The molecule has 0 aliphatic heterocycles. The van der Waals surface area contributed by atoms with Crippen molar-refractivity contribution in [2.24, 2.45) is 0 Å². The van der Waals surface area contributed by atoms with E-state index >= 15 is 0 Å². The largest absolute Gasteiger partial charge is 0.497 e. The summed E-state index contributed by atoms with van der Waals surface area (Å²) < 4.78 is 5.10. The molecule has 0 radical (unpaired) electrons. The van der Waals surface area contributed by atoms with Gasteiger partial charge in [-0.2, -0.15) is 0 Å². The predicted octanol–water partition coefficient (Wildman–Crippen LogP) is 5.64. The van der Waals surface area contributed by atoms with E-state index in [1.54, 1.807) is 31.4 Å². The quantitative estimate of drug-likeness (QED) is 0.253. The van der Waals surface area contributed by atoms with Gasteiger partial charge < -0.3 is 4.74 Å². The fourth-order valence-electron chi connectivity index (χ4n) is 3.33. The molecule has 3 nitrogen and oxygen atoms in total. The fraction of sp³-hybridized carbons (Fsp3) is 0.0833. The first-order valence-corrected chi connectivity index (χ1v) is 9.91. The molecule has 0 heterocycles. The number of carbonyl (C=O) groups excluding carboxylic acids is 2. The zero-order chi connectivity index (χ0) is 19.5. The van der Waals surface area contributed by atoms with Crippen molar-refractivity contribution in [3.63, 3.8) is 0 Å². The van der Waals surface area contributed by atoms with Gasteiger partial charge in [-0.15, -0.1) is 0 Å². The fourth-order valence-corrected chi connectivity index (χ4v) is 4.16. The van der Waals surface area contributed by atoms with Crippen LogP contribution in [0, 0.1) is 0 Å². The first-order valence-electron chi connectivity index (χ1n) is 8.92. The maximum absolute atomic E-state index is 12.5. The van der Waals surface area contributed by atoms with E-state index in [-0.39, 0.29) is 0 Å². The third-order valence-electron chi connectivity index (χ3n) is 4.77. The van der Waals surface area contributed by atoms with Crippen LogP contribution >= 0.6 is 11.8 Å². The van der Waals surface area contributed by atoms with Crippen molar-refractivity contribution in [2.75, 3.05) is 7.11 Å². The van der Waals surface area contributed by atoms with Crippen LogP contribution < -0.4 is 4.74 Å². The molecule has 4 aromatic carbocycles. The van der Waals surface area contributed by atoms with Crippen LogP contribution in [0.4, 0.5) is 0 Å². The molecule has 0 unspecified atom stereocenters. The number of benzene rings is 4. The van der Waals surface area contributed by atoms with E-state index in [0.717, 1.165) is 38.9 Å². The van der Waals surface area contributed by atoms with Crippen LogP contribution in [0.1, 0.15) is 15.9 Å².